The molecule has 3 aliphatic rings. The number of halogens is 1. The van der Waals surface area contributed by atoms with Crippen molar-refractivity contribution in [1.29, 1.82) is 0 Å². The second-order valence-corrected chi connectivity index (χ2v) is 13.5. The van der Waals surface area contributed by atoms with Crippen LogP contribution in [0, 0.1) is 6.92 Å². The molecule has 214 valence electrons. The molecule has 1 atom stereocenters. The standard InChI is InChI=1S/C37H30BrNO3S/c1-22-11-12-24-17-31-30(16-25(24)15-22)37(19-41-21-42-20-37)33(39(31)23(2)18-38)14-13-32-35(40)34-28-9-5-3-7-26(28)27-8-4-6-10-29(27)36(34)43-32/h3-17,23H,18-21H2,1-2H3/b32-13+,33-14-. The summed E-state index contributed by atoms with van der Waals surface area (Å²) in [6, 6.07) is 28.1. The Labute approximate surface area is 263 Å². The lowest BCUT2D eigenvalue weighted by atomic mass is 9.79. The van der Waals surface area contributed by atoms with Crippen molar-refractivity contribution in [2.45, 2.75) is 30.2 Å². The summed E-state index contributed by atoms with van der Waals surface area (Å²) in [7, 11) is 0. The van der Waals surface area contributed by atoms with E-state index in [0.717, 1.165) is 42.5 Å². The van der Waals surface area contributed by atoms with Gasteiger partial charge in [0.15, 0.2) is 0 Å². The van der Waals surface area contributed by atoms with E-state index in [1.54, 1.807) is 11.8 Å². The molecule has 3 heterocycles. The van der Waals surface area contributed by atoms with E-state index >= 15 is 0 Å². The molecule has 0 radical (unpaired) electrons. The van der Waals surface area contributed by atoms with Gasteiger partial charge in [-0.3, -0.25) is 4.79 Å². The van der Waals surface area contributed by atoms with Crippen LogP contribution in [0.2, 0.25) is 0 Å². The Hall–Kier alpha value is -3.42. The number of rotatable bonds is 3. The molecule has 4 nitrogen and oxygen atoms in total. The first kappa shape index (κ1) is 27.2. The maximum atomic E-state index is 14.1. The van der Waals surface area contributed by atoms with E-state index in [1.807, 2.05) is 18.2 Å². The maximum absolute atomic E-state index is 14.1. The zero-order valence-electron chi connectivity index (χ0n) is 24.0. The average Bonchev–Trinajstić information content (AvgIpc) is 3.50. The fraction of sp³-hybridized carbons (Fsp3) is 0.216. The highest BCUT2D eigenvalue weighted by Gasteiger charge is 2.50. The number of alkyl halides is 1. The minimum absolute atomic E-state index is 0.0841. The van der Waals surface area contributed by atoms with Crippen LogP contribution in [0.15, 0.2) is 107 Å². The van der Waals surface area contributed by atoms with E-state index in [0.29, 0.717) is 13.2 Å². The van der Waals surface area contributed by atoms with Gasteiger partial charge in [0.1, 0.15) is 6.79 Å². The molecule has 5 aromatic rings. The van der Waals surface area contributed by atoms with Crippen LogP contribution in [0.25, 0.3) is 32.3 Å². The lowest BCUT2D eigenvalue weighted by molar-refractivity contribution is -0.128. The Morgan fingerprint density at radius 3 is 2.35 bits per heavy atom. The molecule has 1 fully saturated rings. The zero-order chi connectivity index (χ0) is 29.3. The van der Waals surface area contributed by atoms with Gasteiger partial charge in [-0.25, -0.2) is 0 Å². The van der Waals surface area contributed by atoms with Gasteiger partial charge in [0.05, 0.1) is 23.5 Å². The van der Waals surface area contributed by atoms with Crippen molar-refractivity contribution in [3.8, 4) is 0 Å². The first-order valence-electron chi connectivity index (χ1n) is 14.6. The molecule has 0 aliphatic carbocycles. The molecular weight excluding hydrogens is 618 g/mol. The van der Waals surface area contributed by atoms with Crippen molar-refractivity contribution in [3.63, 3.8) is 0 Å². The van der Waals surface area contributed by atoms with Gasteiger partial charge in [-0.1, -0.05) is 100.0 Å². The third-order valence-corrected chi connectivity index (χ3v) is 11.2. The Morgan fingerprint density at radius 1 is 0.907 bits per heavy atom. The second kappa shape index (κ2) is 10.3. The SMILES string of the molecule is Cc1ccc2cc3c(cc2c1)C1(COCOC1)/C(=C/C=C1/Sc2c(c4ccccc4c4ccccc24)C1=O)N3C(C)CBr. The highest BCUT2D eigenvalue weighted by molar-refractivity contribution is 9.09. The molecule has 1 spiro atoms. The van der Waals surface area contributed by atoms with Crippen LogP contribution < -0.4 is 4.90 Å². The van der Waals surface area contributed by atoms with Crippen molar-refractivity contribution in [2.75, 3.05) is 30.2 Å². The van der Waals surface area contributed by atoms with Crippen LogP contribution >= 0.6 is 27.7 Å². The third kappa shape index (κ3) is 4.07. The van der Waals surface area contributed by atoms with Crippen LogP contribution in [0.3, 0.4) is 0 Å². The lowest BCUT2D eigenvalue weighted by Crippen LogP contribution is -2.45. The number of nitrogens with zero attached hydrogens (tertiary/aromatic N) is 1. The number of allylic oxidation sites excluding steroid dienone is 3. The monoisotopic (exact) mass is 647 g/mol. The van der Waals surface area contributed by atoms with E-state index < -0.39 is 5.41 Å². The number of thioether (sulfide) groups is 1. The van der Waals surface area contributed by atoms with Gasteiger partial charge in [-0.15, -0.1) is 0 Å². The molecular formula is C37H30BrNO3S. The number of hydrogen-bond acceptors (Lipinski definition) is 5. The number of aryl methyl sites for hydroxylation is 1. The van der Waals surface area contributed by atoms with Crippen LogP contribution in [-0.2, 0) is 14.9 Å². The molecule has 0 aromatic heterocycles. The molecule has 3 aliphatic heterocycles. The fourth-order valence-electron chi connectivity index (χ4n) is 7.09. The quantitative estimate of drug-likeness (QED) is 0.111. The molecule has 0 saturated carbocycles. The average molecular weight is 649 g/mol. The summed E-state index contributed by atoms with van der Waals surface area (Å²) in [6.45, 7) is 5.69. The number of Topliss-reactive ketones (excluding diaryl/α,β-unsaturated/α-hetero) is 1. The molecule has 43 heavy (non-hydrogen) atoms. The van der Waals surface area contributed by atoms with Crippen molar-refractivity contribution in [1.82, 2.24) is 0 Å². The molecule has 1 saturated heterocycles. The minimum atomic E-state index is -0.475. The Balaban J connectivity index is 1.32. The topological polar surface area (TPSA) is 38.8 Å². The van der Waals surface area contributed by atoms with Gasteiger partial charge in [-0.05, 0) is 76.0 Å². The predicted molar refractivity (Wildman–Crippen MR) is 181 cm³/mol. The highest BCUT2D eigenvalue weighted by Crippen LogP contribution is 2.53. The number of hydrogen-bond donors (Lipinski definition) is 0. The molecule has 6 heteroatoms. The number of carbonyl (C=O) groups excluding carboxylic acids is 1. The normalized spacial score (nSPS) is 20.2. The van der Waals surface area contributed by atoms with E-state index in [9.17, 15) is 4.79 Å². The number of benzene rings is 5. The Morgan fingerprint density at radius 2 is 1.60 bits per heavy atom. The van der Waals surface area contributed by atoms with Crippen molar-refractivity contribution >= 4 is 71.5 Å². The van der Waals surface area contributed by atoms with Gasteiger partial charge >= 0.3 is 0 Å². The smallest absolute Gasteiger partial charge is 0.201 e. The molecule has 8 rings (SSSR count). The summed E-state index contributed by atoms with van der Waals surface area (Å²) in [4.78, 5) is 18.3. The van der Waals surface area contributed by atoms with E-state index in [1.165, 1.54) is 33.0 Å². The Bertz CT molecular complexity index is 2040. The lowest BCUT2D eigenvalue weighted by Gasteiger charge is -2.37. The fourth-order valence-corrected chi connectivity index (χ4v) is 8.52. The summed E-state index contributed by atoms with van der Waals surface area (Å²) < 4.78 is 12.1. The van der Waals surface area contributed by atoms with Gasteiger partial charge in [0.25, 0.3) is 0 Å². The van der Waals surface area contributed by atoms with Crippen LogP contribution in [0.1, 0.15) is 28.4 Å². The summed E-state index contributed by atoms with van der Waals surface area (Å²) >= 11 is 5.35. The van der Waals surface area contributed by atoms with Crippen molar-refractivity contribution < 1.29 is 14.3 Å². The van der Waals surface area contributed by atoms with Gasteiger partial charge < -0.3 is 14.4 Å². The van der Waals surface area contributed by atoms with E-state index in [4.69, 9.17) is 9.47 Å². The predicted octanol–water partition coefficient (Wildman–Crippen LogP) is 9.06. The Kier molecular flexibility index (Phi) is 6.53. The van der Waals surface area contributed by atoms with Crippen LogP contribution in [-0.4, -0.2) is 37.2 Å². The summed E-state index contributed by atoms with van der Waals surface area (Å²) in [5.74, 6) is 0.0841. The summed E-state index contributed by atoms with van der Waals surface area (Å²) in [5.41, 5.74) is 5.06. The van der Waals surface area contributed by atoms with Gasteiger partial charge in [0, 0.05) is 33.2 Å². The van der Waals surface area contributed by atoms with Crippen LogP contribution in [0.5, 0.6) is 0 Å². The van der Waals surface area contributed by atoms with Gasteiger partial charge in [0.2, 0.25) is 5.78 Å². The number of ketones is 1. The van der Waals surface area contributed by atoms with E-state index in [-0.39, 0.29) is 18.6 Å². The van der Waals surface area contributed by atoms with Crippen LogP contribution in [0.4, 0.5) is 5.69 Å². The molecule has 5 aromatic carbocycles. The largest absolute Gasteiger partial charge is 0.354 e. The van der Waals surface area contributed by atoms with Crippen molar-refractivity contribution in [2.24, 2.45) is 0 Å². The maximum Gasteiger partial charge on any atom is 0.201 e. The molecule has 0 amide bonds. The molecule has 0 N–H and O–H groups in total. The first-order chi connectivity index (χ1) is 21.0. The molecule has 1 unspecified atom stereocenters. The number of anilines is 1. The van der Waals surface area contributed by atoms with E-state index in [2.05, 4.69) is 107 Å². The van der Waals surface area contributed by atoms with Gasteiger partial charge in [-0.2, -0.15) is 0 Å². The first-order valence-corrected chi connectivity index (χ1v) is 16.6. The highest BCUT2D eigenvalue weighted by atomic mass is 79.9. The third-order valence-electron chi connectivity index (χ3n) is 9.10. The summed E-state index contributed by atoms with van der Waals surface area (Å²) in [5, 5.41) is 7.65. The summed E-state index contributed by atoms with van der Waals surface area (Å²) in [6.07, 6.45) is 4.19. The number of carbonyl (C=O) groups is 1. The number of fused-ring (bicyclic) bond motifs is 9. The van der Waals surface area contributed by atoms with Crippen molar-refractivity contribution in [3.05, 3.63) is 118 Å². The zero-order valence-corrected chi connectivity index (χ0v) is 26.4. The second-order valence-electron chi connectivity index (χ2n) is 11.8. The number of ether oxygens (including phenoxy) is 2. The minimum Gasteiger partial charge on any atom is -0.354 e. The molecule has 0 bridgehead atoms.